The molecule has 0 aliphatic carbocycles. The fraction of sp³-hybridized carbons (Fsp3) is 0. The number of fused-ring (bicyclic) bond motifs is 8. The van der Waals surface area contributed by atoms with Crippen molar-refractivity contribution in [2.45, 2.75) is 0 Å². The number of hydrogen-bond acceptors (Lipinski definition) is 0. The molecule has 12 aromatic carbocycles. The van der Waals surface area contributed by atoms with Crippen molar-refractivity contribution in [1.29, 1.82) is 0 Å². The van der Waals surface area contributed by atoms with E-state index in [9.17, 15) is 0 Å². The van der Waals surface area contributed by atoms with Crippen LogP contribution in [0.1, 0.15) is 0 Å². The highest BCUT2D eigenvalue weighted by atomic mass is 14.2. The molecule has 12 rings (SSSR count). The lowest BCUT2D eigenvalue weighted by atomic mass is 9.84. The molecule has 0 aliphatic heterocycles. The topological polar surface area (TPSA) is 0 Å². The lowest BCUT2D eigenvalue weighted by molar-refractivity contribution is 1.58. The molecular formula is C60H38. The van der Waals surface area contributed by atoms with E-state index in [-0.39, 0.29) is 0 Å². The van der Waals surface area contributed by atoms with E-state index < -0.39 is 0 Å². The van der Waals surface area contributed by atoms with Gasteiger partial charge in [-0.05, 0) is 157 Å². The van der Waals surface area contributed by atoms with Crippen LogP contribution < -0.4 is 0 Å². The van der Waals surface area contributed by atoms with Crippen LogP contribution in [-0.4, -0.2) is 0 Å². The highest BCUT2D eigenvalue weighted by Crippen LogP contribution is 2.46. The summed E-state index contributed by atoms with van der Waals surface area (Å²) in [4.78, 5) is 0. The third-order valence-electron chi connectivity index (χ3n) is 12.6. The fourth-order valence-corrected chi connectivity index (χ4v) is 9.79. The zero-order chi connectivity index (χ0) is 39.6. The van der Waals surface area contributed by atoms with Crippen molar-refractivity contribution >= 4 is 64.6 Å². The molecule has 0 heteroatoms. The van der Waals surface area contributed by atoms with E-state index in [1.54, 1.807) is 0 Å². The molecule has 12 aromatic rings. The van der Waals surface area contributed by atoms with E-state index in [2.05, 4.69) is 231 Å². The molecule has 0 bridgehead atoms. The Kier molecular flexibility index (Phi) is 7.96. The highest BCUT2D eigenvalue weighted by molar-refractivity contribution is 6.23. The van der Waals surface area contributed by atoms with Gasteiger partial charge < -0.3 is 0 Å². The number of benzene rings is 12. The van der Waals surface area contributed by atoms with Crippen molar-refractivity contribution < 1.29 is 0 Å². The van der Waals surface area contributed by atoms with Crippen molar-refractivity contribution in [1.82, 2.24) is 0 Å². The third kappa shape index (κ3) is 5.61. The first kappa shape index (κ1) is 34.3. The Labute approximate surface area is 349 Å². The van der Waals surface area contributed by atoms with Crippen LogP contribution in [0.2, 0.25) is 0 Å². The summed E-state index contributed by atoms with van der Waals surface area (Å²) in [7, 11) is 0. The average molecular weight is 759 g/mol. The molecule has 0 heterocycles. The molecule has 0 saturated heterocycles. The Morgan fingerprint density at radius 1 is 0.167 bits per heavy atom. The zero-order valence-electron chi connectivity index (χ0n) is 32.9. The summed E-state index contributed by atoms with van der Waals surface area (Å²) >= 11 is 0. The Morgan fingerprint density at radius 2 is 0.600 bits per heavy atom. The summed E-state index contributed by atoms with van der Waals surface area (Å²) in [6.45, 7) is 0. The minimum atomic E-state index is 1.21. The van der Waals surface area contributed by atoms with Crippen LogP contribution in [0.15, 0.2) is 231 Å². The van der Waals surface area contributed by atoms with Crippen LogP contribution in [0.4, 0.5) is 0 Å². The maximum atomic E-state index is 2.42. The maximum Gasteiger partial charge on any atom is -0.00259 e. The molecule has 0 N–H and O–H groups in total. The van der Waals surface area contributed by atoms with Crippen molar-refractivity contribution in [3.63, 3.8) is 0 Å². The molecule has 278 valence electrons. The second-order valence-corrected chi connectivity index (χ2v) is 16.0. The lowest BCUT2D eigenvalue weighted by Crippen LogP contribution is -1.92. The Balaban J connectivity index is 1.07. The van der Waals surface area contributed by atoms with Crippen molar-refractivity contribution in [2.75, 3.05) is 0 Å². The van der Waals surface area contributed by atoms with Crippen LogP contribution >= 0.6 is 0 Å². The first-order valence-corrected chi connectivity index (χ1v) is 20.8. The van der Waals surface area contributed by atoms with E-state index in [4.69, 9.17) is 0 Å². The van der Waals surface area contributed by atoms with Gasteiger partial charge in [0, 0.05) is 0 Å². The summed E-state index contributed by atoms with van der Waals surface area (Å²) in [5, 5.41) is 15.2. The van der Waals surface area contributed by atoms with Gasteiger partial charge in [0.25, 0.3) is 0 Å². The summed E-state index contributed by atoms with van der Waals surface area (Å²) in [6.07, 6.45) is 0. The van der Waals surface area contributed by atoms with Gasteiger partial charge in [-0.15, -0.1) is 0 Å². The van der Waals surface area contributed by atoms with Gasteiger partial charge >= 0.3 is 0 Å². The van der Waals surface area contributed by atoms with Crippen LogP contribution in [0.5, 0.6) is 0 Å². The fourth-order valence-electron chi connectivity index (χ4n) is 9.79. The Bertz CT molecular complexity index is 3520. The predicted octanol–water partition coefficient (Wildman–Crippen LogP) is 16.9. The summed E-state index contributed by atoms with van der Waals surface area (Å²) in [5.41, 5.74) is 12.3. The van der Waals surface area contributed by atoms with E-state index in [0.29, 0.717) is 0 Å². The van der Waals surface area contributed by atoms with Crippen molar-refractivity contribution in [3.8, 4) is 55.6 Å². The standard InChI is InChI=1S/C60H38/c1-3-15-39(16-4-1)46-35-47(40-17-5-2-6-18-40)37-48(36-46)60-55-25-13-11-23-53(55)59(54-24-12-14-26-56(54)60)44-30-28-41-27-29-43(33-45(41)34-44)57-38-58-49-20-8-7-19-42(49)31-32-52(58)50-21-9-10-22-51(50)57/h1-38H. The second kappa shape index (κ2) is 13.9. The monoisotopic (exact) mass is 758 g/mol. The molecule has 0 aromatic heterocycles. The van der Waals surface area contributed by atoms with E-state index in [0.717, 1.165) is 0 Å². The average Bonchev–Trinajstić information content (AvgIpc) is 3.33. The van der Waals surface area contributed by atoms with Gasteiger partial charge in [0.15, 0.2) is 0 Å². The molecule has 0 unspecified atom stereocenters. The smallest absolute Gasteiger partial charge is 0.00259 e. The van der Waals surface area contributed by atoms with Crippen molar-refractivity contribution in [2.24, 2.45) is 0 Å². The minimum Gasteiger partial charge on any atom is -0.0622 e. The molecular weight excluding hydrogens is 721 g/mol. The van der Waals surface area contributed by atoms with Gasteiger partial charge in [0.1, 0.15) is 0 Å². The Morgan fingerprint density at radius 3 is 1.22 bits per heavy atom. The molecule has 0 aliphatic rings. The van der Waals surface area contributed by atoms with Crippen molar-refractivity contribution in [3.05, 3.63) is 231 Å². The molecule has 0 atom stereocenters. The van der Waals surface area contributed by atoms with Crippen LogP contribution in [0, 0.1) is 0 Å². The first-order chi connectivity index (χ1) is 29.7. The van der Waals surface area contributed by atoms with Crippen LogP contribution in [-0.2, 0) is 0 Å². The third-order valence-corrected chi connectivity index (χ3v) is 12.6. The maximum absolute atomic E-state index is 2.42. The molecule has 0 spiro atoms. The molecule has 0 radical (unpaired) electrons. The Hall–Kier alpha value is -7.80. The molecule has 0 fully saturated rings. The van der Waals surface area contributed by atoms with Crippen LogP contribution in [0.25, 0.3) is 120 Å². The molecule has 0 saturated carbocycles. The lowest BCUT2D eigenvalue weighted by Gasteiger charge is -2.19. The van der Waals surface area contributed by atoms with Crippen LogP contribution in [0.3, 0.4) is 0 Å². The summed E-state index contributed by atoms with van der Waals surface area (Å²) < 4.78 is 0. The normalized spacial score (nSPS) is 11.7. The number of rotatable bonds is 5. The molecule has 0 nitrogen and oxygen atoms in total. The molecule has 0 amide bonds. The SMILES string of the molecule is c1ccc(-c2cc(-c3ccccc3)cc(-c3c4ccccc4c(-c4ccc5ccc(-c6cc7c8ccccc8ccc7c7ccccc67)cc5c4)c4ccccc34)c2)cc1. The highest BCUT2D eigenvalue weighted by Gasteiger charge is 2.19. The first-order valence-electron chi connectivity index (χ1n) is 20.8. The zero-order valence-corrected chi connectivity index (χ0v) is 32.9. The number of hydrogen-bond donors (Lipinski definition) is 0. The minimum absolute atomic E-state index is 1.21. The largest absolute Gasteiger partial charge is 0.0622 e. The van der Waals surface area contributed by atoms with Gasteiger partial charge in [0.05, 0.1) is 0 Å². The van der Waals surface area contributed by atoms with Gasteiger partial charge in [0.2, 0.25) is 0 Å². The van der Waals surface area contributed by atoms with Gasteiger partial charge in [-0.25, -0.2) is 0 Å². The van der Waals surface area contributed by atoms with E-state index >= 15 is 0 Å². The quantitative estimate of drug-likeness (QED) is 0.121. The van der Waals surface area contributed by atoms with E-state index in [1.165, 1.54) is 120 Å². The second-order valence-electron chi connectivity index (χ2n) is 16.0. The summed E-state index contributed by atoms with van der Waals surface area (Å²) in [5.74, 6) is 0. The molecule has 60 heavy (non-hydrogen) atoms. The van der Waals surface area contributed by atoms with Gasteiger partial charge in [-0.3, -0.25) is 0 Å². The predicted molar refractivity (Wildman–Crippen MR) is 259 cm³/mol. The van der Waals surface area contributed by atoms with Gasteiger partial charge in [-0.2, -0.15) is 0 Å². The van der Waals surface area contributed by atoms with E-state index in [1.807, 2.05) is 0 Å². The summed E-state index contributed by atoms with van der Waals surface area (Å²) in [6, 6.07) is 85.2. The van der Waals surface area contributed by atoms with Gasteiger partial charge in [-0.1, -0.05) is 194 Å².